The standard InChI is InChI=1S/C21H24ClN3O6S/c1-6-25-17-8-7-14(32(27,28)24(2)3)11-16(17)23-19(25)12-31-21(26)13-9-15(22)20(30-5)18(10-13)29-4/h7-11H,6,12H2,1-5H3. The first-order valence-electron chi connectivity index (χ1n) is 9.64. The van der Waals surface area contributed by atoms with Gasteiger partial charge in [-0.3, -0.25) is 0 Å². The Kier molecular flexibility index (Phi) is 6.97. The molecule has 0 bridgehead atoms. The smallest absolute Gasteiger partial charge is 0.338 e. The van der Waals surface area contributed by atoms with Crippen molar-refractivity contribution < 1.29 is 27.4 Å². The lowest BCUT2D eigenvalue weighted by atomic mass is 10.2. The molecule has 1 aromatic heterocycles. The predicted octanol–water partition coefficient (Wildman–Crippen LogP) is 3.33. The Morgan fingerprint density at radius 3 is 2.47 bits per heavy atom. The normalized spacial score (nSPS) is 11.7. The van der Waals surface area contributed by atoms with Gasteiger partial charge in [-0.05, 0) is 37.3 Å². The van der Waals surface area contributed by atoms with Crippen LogP contribution in [0.5, 0.6) is 11.5 Å². The van der Waals surface area contributed by atoms with E-state index in [2.05, 4.69) is 4.98 Å². The number of halogens is 1. The lowest BCUT2D eigenvalue weighted by molar-refractivity contribution is 0.0458. The fourth-order valence-corrected chi connectivity index (χ4v) is 4.45. The van der Waals surface area contributed by atoms with Crippen LogP contribution in [0.4, 0.5) is 0 Å². The first kappa shape index (κ1) is 23.8. The van der Waals surface area contributed by atoms with Crippen molar-refractivity contribution in [2.45, 2.75) is 25.0 Å². The van der Waals surface area contributed by atoms with E-state index in [4.69, 9.17) is 25.8 Å². The maximum Gasteiger partial charge on any atom is 0.338 e. The molecule has 172 valence electrons. The number of nitrogens with zero attached hydrogens (tertiary/aromatic N) is 3. The Hall–Kier alpha value is -2.82. The number of benzene rings is 2. The van der Waals surface area contributed by atoms with Crippen LogP contribution >= 0.6 is 11.6 Å². The molecule has 0 aliphatic heterocycles. The van der Waals surface area contributed by atoms with Crippen molar-refractivity contribution in [3.8, 4) is 11.5 Å². The number of aryl methyl sites for hydroxylation is 1. The summed E-state index contributed by atoms with van der Waals surface area (Å²) in [5, 5.41) is 0.217. The number of hydrogen-bond donors (Lipinski definition) is 0. The Bertz CT molecular complexity index is 1270. The summed E-state index contributed by atoms with van der Waals surface area (Å²) in [5.74, 6) is 0.504. The van der Waals surface area contributed by atoms with E-state index in [1.165, 1.54) is 52.6 Å². The molecule has 9 nitrogen and oxygen atoms in total. The quantitative estimate of drug-likeness (QED) is 0.455. The molecule has 0 radical (unpaired) electrons. The Morgan fingerprint density at radius 2 is 1.88 bits per heavy atom. The fourth-order valence-electron chi connectivity index (χ4n) is 3.24. The average Bonchev–Trinajstić information content (AvgIpc) is 3.13. The van der Waals surface area contributed by atoms with Crippen LogP contribution in [-0.4, -0.2) is 56.6 Å². The van der Waals surface area contributed by atoms with Crippen LogP contribution in [-0.2, 0) is 27.9 Å². The van der Waals surface area contributed by atoms with Gasteiger partial charge in [-0.15, -0.1) is 0 Å². The van der Waals surface area contributed by atoms with Gasteiger partial charge in [0.1, 0.15) is 12.4 Å². The van der Waals surface area contributed by atoms with Gasteiger partial charge in [0.2, 0.25) is 10.0 Å². The number of carbonyl (C=O) groups is 1. The van der Waals surface area contributed by atoms with Crippen LogP contribution in [0.1, 0.15) is 23.1 Å². The van der Waals surface area contributed by atoms with Crippen molar-refractivity contribution >= 4 is 38.6 Å². The Labute approximate surface area is 191 Å². The van der Waals surface area contributed by atoms with Gasteiger partial charge < -0.3 is 18.8 Å². The van der Waals surface area contributed by atoms with Crippen LogP contribution in [0.15, 0.2) is 35.2 Å². The molecule has 1 heterocycles. The number of methoxy groups -OCH3 is 2. The monoisotopic (exact) mass is 481 g/mol. The van der Waals surface area contributed by atoms with Crippen LogP contribution in [0.2, 0.25) is 5.02 Å². The molecule has 0 unspecified atom stereocenters. The van der Waals surface area contributed by atoms with Crippen LogP contribution in [0.3, 0.4) is 0 Å². The zero-order chi connectivity index (χ0) is 23.6. The summed E-state index contributed by atoms with van der Waals surface area (Å²) in [7, 11) is 2.24. The molecule has 32 heavy (non-hydrogen) atoms. The molecule has 2 aromatic carbocycles. The van der Waals surface area contributed by atoms with E-state index in [0.29, 0.717) is 29.4 Å². The zero-order valence-corrected chi connectivity index (χ0v) is 20.0. The van der Waals surface area contributed by atoms with Crippen molar-refractivity contribution in [2.24, 2.45) is 0 Å². The number of esters is 1. The van der Waals surface area contributed by atoms with Gasteiger partial charge in [-0.2, -0.15) is 0 Å². The van der Waals surface area contributed by atoms with Gasteiger partial charge in [-0.1, -0.05) is 11.6 Å². The van der Waals surface area contributed by atoms with Crippen molar-refractivity contribution in [3.05, 3.63) is 46.7 Å². The van der Waals surface area contributed by atoms with E-state index in [1.54, 1.807) is 6.07 Å². The molecule has 0 saturated carbocycles. The number of sulfonamides is 1. The second-order valence-electron chi connectivity index (χ2n) is 6.98. The number of imidazole rings is 1. The molecular weight excluding hydrogens is 458 g/mol. The van der Waals surface area contributed by atoms with Crippen LogP contribution in [0, 0.1) is 0 Å². The van der Waals surface area contributed by atoms with Crippen molar-refractivity contribution in [1.29, 1.82) is 0 Å². The molecule has 0 saturated heterocycles. The lowest BCUT2D eigenvalue weighted by Crippen LogP contribution is -2.22. The van der Waals surface area contributed by atoms with Crippen molar-refractivity contribution in [3.63, 3.8) is 0 Å². The number of rotatable bonds is 8. The molecule has 0 N–H and O–H groups in total. The third-order valence-corrected chi connectivity index (χ3v) is 6.99. The van der Waals surface area contributed by atoms with Gasteiger partial charge in [-0.25, -0.2) is 22.5 Å². The molecule has 0 spiro atoms. The summed E-state index contributed by atoms with van der Waals surface area (Å²) < 4.78 is 43.7. The summed E-state index contributed by atoms with van der Waals surface area (Å²) in [4.78, 5) is 17.2. The molecule has 3 rings (SSSR count). The first-order chi connectivity index (χ1) is 15.1. The average molecular weight is 482 g/mol. The maximum atomic E-state index is 12.6. The minimum absolute atomic E-state index is 0.108. The number of hydrogen-bond acceptors (Lipinski definition) is 7. The third-order valence-electron chi connectivity index (χ3n) is 4.90. The molecule has 0 fully saturated rings. The highest BCUT2D eigenvalue weighted by atomic mass is 35.5. The van der Waals surface area contributed by atoms with E-state index < -0.39 is 16.0 Å². The second kappa shape index (κ2) is 9.35. The first-order valence-corrected chi connectivity index (χ1v) is 11.5. The van der Waals surface area contributed by atoms with Gasteiger partial charge in [0.05, 0.1) is 40.7 Å². The summed E-state index contributed by atoms with van der Waals surface area (Å²) in [6.45, 7) is 2.37. The Morgan fingerprint density at radius 1 is 1.16 bits per heavy atom. The zero-order valence-electron chi connectivity index (χ0n) is 18.4. The molecular formula is C21H24ClN3O6S. The lowest BCUT2D eigenvalue weighted by Gasteiger charge is -2.12. The summed E-state index contributed by atoms with van der Waals surface area (Å²) >= 11 is 6.17. The van der Waals surface area contributed by atoms with E-state index in [-0.39, 0.29) is 22.1 Å². The number of fused-ring (bicyclic) bond motifs is 1. The molecule has 11 heteroatoms. The minimum Gasteiger partial charge on any atom is -0.493 e. The van der Waals surface area contributed by atoms with Crippen molar-refractivity contribution in [1.82, 2.24) is 13.9 Å². The fraction of sp³-hybridized carbons (Fsp3) is 0.333. The number of ether oxygens (including phenoxy) is 3. The summed E-state index contributed by atoms with van der Waals surface area (Å²) in [6, 6.07) is 7.66. The van der Waals surface area contributed by atoms with Crippen molar-refractivity contribution in [2.75, 3.05) is 28.3 Å². The second-order valence-corrected chi connectivity index (χ2v) is 9.54. The van der Waals surface area contributed by atoms with Gasteiger partial charge >= 0.3 is 5.97 Å². The van der Waals surface area contributed by atoms with Crippen LogP contribution in [0.25, 0.3) is 11.0 Å². The predicted molar refractivity (Wildman–Crippen MR) is 120 cm³/mol. The van der Waals surface area contributed by atoms with Gasteiger partial charge in [0, 0.05) is 20.6 Å². The van der Waals surface area contributed by atoms with Gasteiger partial charge in [0.15, 0.2) is 11.5 Å². The molecule has 3 aromatic rings. The SMILES string of the molecule is CCn1c(COC(=O)c2cc(Cl)c(OC)c(OC)c2)nc2cc(S(=O)(=O)N(C)C)ccc21. The molecule has 0 aliphatic rings. The van der Waals surface area contributed by atoms with Gasteiger partial charge in [0.25, 0.3) is 0 Å². The topological polar surface area (TPSA) is 100.0 Å². The highest BCUT2D eigenvalue weighted by Crippen LogP contribution is 2.36. The summed E-state index contributed by atoms with van der Waals surface area (Å²) in [5.41, 5.74) is 1.44. The highest BCUT2D eigenvalue weighted by molar-refractivity contribution is 7.89. The third kappa shape index (κ3) is 4.38. The molecule has 0 atom stereocenters. The summed E-state index contributed by atoms with van der Waals surface area (Å²) in [6.07, 6.45) is 0. The van der Waals surface area contributed by atoms with E-state index in [9.17, 15) is 13.2 Å². The largest absolute Gasteiger partial charge is 0.493 e. The highest BCUT2D eigenvalue weighted by Gasteiger charge is 2.21. The van der Waals surface area contributed by atoms with E-state index >= 15 is 0 Å². The van der Waals surface area contributed by atoms with E-state index in [1.807, 2.05) is 11.5 Å². The molecule has 0 aliphatic carbocycles. The number of aromatic nitrogens is 2. The van der Waals surface area contributed by atoms with E-state index in [0.717, 1.165) is 9.82 Å². The van der Waals surface area contributed by atoms with Crippen LogP contribution < -0.4 is 9.47 Å². The Balaban J connectivity index is 1.89. The molecule has 0 amide bonds. The minimum atomic E-state index is -3.59. The maximum absolute atomic E-state index is 12.6. The number of carbonyl (C=O) groups excluding carboxylic acids is 1.